The molecule has 0 radical (unpaired) electrons. The van der Waals surface area contributed by atoms with Crippen LogP contribution in [0, 0.1) is 0 Å². The van der Waals surface area contributed by atoms with Crippen molar-refractivity contribution in [1.82, 2.24) is 0 Å². The molecule has 9 nitrogen and oxygen atoms in total. The Balaban J connectivity index is 4.69. The van der Waals surface area contributed by atoms with Crippen molar-refractivity contribution in [3.63, 3.8) is 0 Å². The monoisotopic (exact) mass is 618 g/mol. The maximum atomic E-state index is 12.4. The van der Waals surface area contributed by atoms with E-state index in [0.717, 1.165) is 38.5 Å². The summed E-state index contributed by atoms with van der Waals surface area (Å²) in [4.78, 5) is 34.6. The first-order valence-corrected chi connectivity index (χ1v) is 17.6. The Morgan fingerprint density at radius 2 is 1.19 bits per heavy atom. The molecule has 0 bridgehead atoms. The number of carbonyl (C=O) groups is 2. The number of allylic oxidation sites excluding steroid dienone is 2. The van der Waals surface area contributed by atoms with E-state index in [4.69, 9.17) is 18.5 Å². The summed E-state index contributed by atoms with van der Waals surface area (Å²) in [6.45, 7) is 4.15. The third kappa shape index (κ3) is 28.6. The number of unbranched alkanes of at least 4 members (excludes halogenated alkanes) is 14. The Hall–Kier alpha value is -1.51. The van der Waals surface area contributed by atoms with Gasteiger partial charge in [-0.1, -0.05) is 103 Å². The van der Waals surface area contributed by atoms with Gasteiger partial charge in [-0.15, -0.1) is 0 Å². The molecule has 0 aromatic carbocycles. The number of phosphoric ester groups is 1. The van der Waals surface area contributed by atoms with Gasteiger partial charge in [-0.2, -0.15) is 0 Å². The molecule has 0 heterocycles. The summed E-state index contributed by atoms with van der Waals surface area (Å²) >= 11 is 0. The molecule has 0 saturated heterocycles. The fraction of sp³-hybridized carbons (Fsp3) is 0.812. The molecular weight excluding hydrogens is 557 g/mol. The number of quaternary nitrogens is 1. The average Bonchev–Trinajstić information content (AvgIpc) is 2.92. The quantitative estimate of drug-likeness (QED) is 0.0313. The molecule has 10 heteroatoms. The molecule has 2 atom stereocenters. The molecule has 1 N–H and O–H groups in total. The fourth-order valence-electron chi connectivity index (χ4n) is 3.99. The van der Waals surface area contributed by atoms with Crippen molar-refractivity contribution in [3.05, 3.63) is 24.3 Å². The Labute approximate surface area is 256 Å². The van der Waals surface area contributed by atoms with Crippen molar-refractivity contribution in [1.29, 1.82) is 0 Å². The van der Waals surface area contributed by atoms with Crippen LogP contribution in [0.25, 0.3) is 0 Å². The van der Waals surface area contributed by atoms with Gasteiger partial charge in [0, 0.05) is 12.2 Å². The van der Waals surface area contributed by atoms with Gasteiger partial charge in [0.15, 0.2) is 6.10 Å². The number of esters is 2. The minimum atomic E-state index is -4.38. The van der Waals surface area contributed by atoms with E-state index in [1.807, 2.05) is 21.1 Å². The lowest BCUT2D eigenvalue weighted by Crippen LogP contribution is -2.37. The maximum Gasteiger partial charge on any atom is 0.472 e. The highest BCUT2D eigenvalue weighted by atomic mass is 31.2. The number of ether oxygens (including phenoxy) is 2. The fourth-order valence-corrected chi connectivity index (χ4v) is 4.73. The molecule has 246 valence electrons. The first-order chi connectivity index (χ1) is 20.0. The second-order valence-electron chi connectivity index (χ2n) is 11.9. The van der Waals surface area contributed by atoms with Gasteiger partial charge in [0.2, 0.25) is 0 Å². The van der Waals surface area contributed by atoms with Crippen LogP contribution in [0.4, 0.5) is 0 Å². The van der Waals surface area contributed by atoms with E-state index in [1.165, 1.54) is 76.4 Å². The molecule has 0 amide bonds. The van der Waals surface area contributed by atoms with Gasteiger partial charge in [-0.3, -0.25) is 9.05 Å². The predicted molar refractivity (Wildman–Crippen MR) is 169 cm³/mol. The molecule has 0 saturated carbocycles. The second kappa shape index (κ2) is 25.9. The lowest BCUT2D eigenvalue weighted by Gasteiger charge is -2.24. The van der Waals surface area contributed by atoms with E-state index in [1.54, 1.807) is 12.2 Å². The van der Waals surface area contributed by atoms with E-state index in [9.17, 15) is 19.0 Å². The molecule has 42 heavy (non-hydrogen) atoms. The van der Waals surface area contributed by atoms with E-state index in [-0.39, 0.29) is 13.2 Å². The van der Waals surface area contributed by atoms with Gasteiger partial charge in [0.05, 0.1) is 27.7 Å². The maximum absolute atomic E-state index is 12.4. The summed E-state index contributed by atoms with van der Waals surface area (Å²) in [5.41, 5.74) is 0. The highest BCUT2D eigenvalue weighted by Crippen LogP contribution is 2.43. The summed E-state index contributed by atoms with van der Waals surface area (Å²) in [7, 11) is 1.41. The van der Waals surface area contributed by atoms with Crippen molar-refractivity contribution < 1.29 is 42.1 Å². The van der Waals surface area contributed by atoms with Gasteiger partial charge < -0.3 is 18.9 Å². The van der Waals surface area contributed by atoms with E-state index in [0.29, 0.717) is 11.0 Å². The van der Waals surface area contributed by atoms with Crippen LogP contribution in [0.2, 0.25) is 0 Å². The zero-order valence-electron chi connectivity index (χ0n) is 27.2. The lowest BCUT2D eigenvalue weighted by molar-refractivity contribution is -0.870. The number of hydrogen-bond donors (Lipinski definition) is 1. The largest absolute Gasteiger partial charge is 0.472 e. The van der Waals surface area contributed by atoms with Crippen molar-refractivity contribution in [2.45, 2.75) is 123 Å². The third-order valence-corrected chi connectivity index (χ3v) is 7.58. The molecule has 0 fully saturated rings. The Morgan fingerprint density at radius 3 is 1.69 bits per heavy atom. The number of rotatable bonds is 28. The van der Waals surface area contributed by atoms with E-state index >= 15 is 0 Å². The first-order valence-electron chi connectivity index (χ1n) is 16.1. The van der Waals surface area contributed by atoms with Crippen LogP contribution in [0.15, 0.2) is 24.3 Å². The molecule has 0 rings (SSSR count). The van der Waals surface area contributed by atoms with Gasteiger partial charge >= 0.3 is 19.8 Å². The summed E-state index contributed by atoms with van der Waals surface area (Å²) in [6, 6.07) is 0. The Kier molecular flexibility index (Phi) is 25.0. The first kappa shape index (κ1) is 40.5. The van der Waals surface area contributed by atoms with Crippen LogP contribution in [0.5, 0.6) is 0 Å². The smallest absolute Gasteiger partial charge is 0.458 e. The number of nitrogens with zero attached hydrogens (tertiary/aromatic N) is 1. The summed E-state index contributed by atoms with van der Waals surface area (Å²) in [5, 5.41) is 0. The minimum absolute atomic E-state index is 0.0155. The van der Waals surface area contributed by atoms with Crippen LogP contribution in [-0.2, 0) is 32.7 Å². The topological polar surface area (TPSA) is 108 Å². The molecule has 0 aromatic heterocycles. The van der Waals surface area contributed by atoms with E-state index in [2.05, 4.69) is 13.8 Å². The molecule has 0 spiro atoms. The third-order valence-electron chi connectivity index (χ3n) is 6.59. The summed E-state index contributed by atoms with van der Waals surface area (Å²) in [6.07, 6.45) is 23.4. The predicted octanol–water partition coefficient (Wildman–Crippen LogP) is 7.68. The lowest BCUT2D eigenvalue weighted by atomic mass is 10.1. The van der Waals surface area contributed by atoms with Crippen LogP contribution in [0.3, 0.4) is 0 Å². The van der Waals surface area contributed by atoms with Crippen LogP contribution >= 0.6 is 7.82 Å². The molecule has 0 aliphatic rings. The zero-order valence-corrected chi connectivity index (χ0v) is 28.1. The molecule has 0 aliphatic carbocycles. The number of likely N-dealkylation sites (N-methyl/N-ethyl adjacent to an activating group) is 1. The van der Waals surface area contributed by atoms with E-state index < -0.39 is 32.5 Å². The highest BCUT2D eigenvalue weighted by molar-refractivity contribution is 7.47. The summed E-state index contributed by atoms with van der Waals surface area (Å²) < 4.78 is 33.6. The second-order valence-corrected chi connectivity index (χ2v) is 13.4. The van der Waals surface area contributed by atoms with Crippen LogP contribution in [-0.4, -0.2) is 74.9 Å². The van der Waals surface area contributed by atoms with Crippen molar-refractivity contribution >= 4 is 19.8 Å². The zero-order chi connectivity index (χ0) is 31.5. The standard InChI is InChI=1S/C32H60NO8P/c1-6-8-10-12-14-16-18-20-22-24-31(34)38-28-30(29-40-42(36,37)39-27-26-33(3,4)5)41-32(35)25-23-21-19-17-15-13-11-9-7-2/h22-25,30H,6-21,26-29H2,1-5H3/p+1/t30-/m1/s1. The van der Waals surface area contributed by atoms with Gasteiger partial charge in [-0.05, 0) is 25.7 Å². The molecule has 1 unspecified atom stereocenters. The highest BCUT2D eigenvalue weighted by Gasteiger charge is 2.26. The SMILES string of the molecule is CCCCCCCCCC=CC(=O)OC[C@H](COP(=O)(O)OCC[N+](C)(C)C)OC(=O)C=CCCCCCCCCC. The number of hydrogen-bond acceptors (Lipinski definition) is 7. The van der Waals surface area contributed by atoms with Gasteiger partial charge in [-0.25, -0.2) is 14.2 Å². The minimum Gasteiger partial charge on any atom is -0.458 e. The van der Waals surface area contributed by atoms with Gasteiger partial charge in [0.25, 0.3) is 0 Å². The number of phosphoric acid groups is 1. The summed E-state index contributed by atoms with van der Waals surface area (Å²) in [5.74, 6) is -1.20. The van der Waals surface area contributed by atoms with Crippen LogP contribution in [0.1, 0.15) is 117 Å². The molecule has 0 aliphatic heterocycles. The Bertz CT molecular complexity index is 794. The van der Waals surface area contributed by atoms with Crippen LogP contribution < -0.4 is 0 Å². The molecule has 0 aromatic rings. The van der Waals surface area contributed by atoms with Gasteiger partial charge in [0.1, 0.15) is 19.8 Å². The van der Waals surface area contributed by atoms with Crippen molar-refractivity contribution in [2.75, 3.05) is 47.5 Å². The van der Waals surface area contributed by atoms with Crippen molar-refractivity contribution in [2.24, 2.45) is 0 Å². The average molecular weight is 619 g/mol. The Morgan fingerprint density at radius 1 is 0.714 bits per heavy atom. The number of carbonyl (C=O) groups excluding carboxylic acids is 2. The molecular formula is C32H61NO8P+. The van der Waals surface area contributed by atoms with Crippen molar-refractivity contribution in [3.8, 4) is 0 Å². The normalized spacial score (nSPS) is 14.3.